The van der Waals surface area contributed by atoms with Crippen molar-refractivity contribution < 1.29 is 4.74 Å². The quantitative estimate of drug-likeness (QED) is 0.542. The summed E-state index contributed by atoms with van der Waals surface area (Å²) in [5, 5.41) is 6.48. The van der Waals surface area contributed by atoms with Gasteiger partial charge in [0.2, 0.25) is 0 Å². The molecule has 0 atom stereocenters. The molecule has 118 valence electrons. The molecular formula is C19H14ClN3O. The van der Waals surface area contributed by atoms with Gasteiger partial charge in [0.1, 0.15) is 11.4 Å². The van der Waals surface area contributed by atoms with E-state index in [2.05, 4.69) is 4.98 Å². The number of hydrogen-bond acceptors (Lipinski definition) is 3. The fourth-order valence-corrected chi connectivity index (χ4v) is 2.82. The van der Waals surface area contributed by atoms with Crippen LogP contribution in [0.5, 0.6) is 5.75 Å². The Balaban J connectivity index is 1.95. The first-order valence-electron chi connectivity index (χ1n) is 7.50. The highest BCUT2D eigenvalue weighted by atomic mass is 35.5. The van der Waals surface area contributed by atoms with Gasteiger partial charge < -0.3 is 4.74 Å². The van der Waals surface area contributed by atoms with Gasteiger partial charge in [0.05, 0.1) is 12.8 Å². The standard InChI is InChI=1S/C19H14ClN3O/c1-24-16-5-2-4-15(12-16)23-19-17(6-3-11-21-19)18(22-23)13-7-9-14(20)10-8-13/h2-12H,1H3. The molecule has 0 saturated carbocycles. The maximum absolute atomic E-state index is 6.00. The van der Waals surface area contributed by atoms with Crippen LogP contribution in [0.15, 0.2) is 66.9 Å². The Bertz CT molecular complexity index is 1010. The number of methoxy groups -OCH3 is 1. The van der Waals surface area contributed by atoms with Gasteiger partial charge in [-0.15, -0.1) is 0 Å². The topological polar surface area (TPSA) is 39.9 Å². The van der Waals surface area contributed by atoms with Crippen LogP contribution in [-0.4, -0.2) is 21.9 Å². The predicted octanol–water partition coefficient (Wildman–Crippen LogP) is 4.75. The Morgan fingerprint density at radius 1 is 1.00 bits per heavy atom. The number of fused-ring (bicyclic) bond motifs is 1. The van der Waals surface area contributed by atoms with E-state index in [1.165, 1.54) is 0 Å². The van der Waals surface area contributed by atoms with E-state index < -0.39 is 0 Å². The van der Waals surface area contributed by atoms with E-state index in [1.807, 2.05) is 65.3 Å². The third-order valence-electron chi connectivity index (χ3n) is 3.86. The van der Waals surface area contributed by atoms with Gasteiger partial charge in [-0.1, -0.05) is 29.8 Å². The van der Waals surface area contributed by atoms with Crippen molar-refractivity contribution in [1.29, 1.82) is 0 Å². The van der Waals surface area contributed by atoms with Crippen LogP contribution in [-0.2, 0) is 0 Å². The predicted molar refractivity (Wildman–Crippen MR) is 95.9 cm³/mol. The Hall–Kier alpha value is -2.85. The average Bonchev–Trinajstić information content (AvgIpc) is 3.02. The molecule has 5 heteroatoms. The third-order valence-corrected chi connectivity index (χ3v) is 4.11. The lowest BCUT2D eigenvalue weighted by atomic mass is 10.1. The molecule has 0 aliphatic carbocycles. The van der Waals surface area contributed by atoms with E-state index in [-0.39, 0.29) is 0 Å². The van der Waals surface area contributed by atoms with Crippen molar-refractivity contribution in [3.05, 3.63) is 71.9 Å². The number of hydrogen-bond donors (Lipinski definition) is 0. The van der Waals surface area contributed by atoms with Gasteiger partial charge in [-0.2, -0.15) is 5.10 Å². The van der Waals surface area contributed by atoms with Gasteiger partial charge in [-0.25, -0.2) is 9.67 Å². The van der Waals surface area contributed by atoms with Gasteiger partial charge >= 0.3 is 0 Å². The molecule has 0 bridgehead atoms. The van der Waals surface area contributed by atoms with Crippen molar-refractivity contribution in [3.63, 3.8) is 0 Å². The van der Waals surface area contributed by atoms with E-state index >= 15 is 0 Å². The molecule has 0 spiro atoms. The fourth-order valence-electron chi connectivity index (χ4n) is 2.70. The lowest BCUT2D eigenvalue weighted by Gasteiger charge is -2.05. The number of benzene rings is 2. The minimum absolute atomic E-state index is 0.702. The lowest BCUT2D eigenvalue weighted by molar-refractivity contribution is 0.414. The molecule has 2 aromatic carbocycles. The largest absolute Gasteiger partial charge is 0.497 e. The van der Waals surface area contributed by atoms with E-state index in [0.717, 1.165) is 33.7 Å². The Morgan fingerprint density at radius 2 is 1.83 bits per heavy atom. The molecule has 0 aliphatic heterocycles. The second kappa shape index (κ2) is 5.98. The molecule has 0 radical (unpaired) electrons. The van der Waals surface area contributed by atoms with Crippen molar-refractivity contribution in [3.8, 4) is 22.7 Å². The summed E-state index contributed by atoms with van der Waals surface area (Å²) in [6.07, 6.45) is 1.77. The van der Waals surface area contributed by atoms with Crippen molar-refractivity contribution in [1.82, 2.24) is 14.8 Å². The Labute approximate surface area is 144 Å². The number of nitrogens with zero attached hydrogens (tertiary/aromatic N) is 3. The maximum atomic E-state index is 6.00. The molecule has 4 aromatic rings. The summed E-state index contributed by atoms with van der Waals surface area (Å²) in [6, 6.07) is 19.4. The van der Waals surface area contributed by atoms with Gasteiger partial charge in [0, 0.05) is 28.2 Å². The monoisotopic (exact) mass is 335 g/mol. The van der Waals surface area contributed by atoms with Crippen molar-refractivity contribution in [2.24, 2.45) is 0 Å². The molecule has 0 fully saturated rings. The fraction of sp³-hybridized carbons (Fsp3) is 0.0526. The van der Waals surface area contributed by atoms with E-state index in [9.17, 15) is 0 Å². The number of halogens is 1. The highest BCUT2D eigenvalue weighted by Gasteiger charge is 2.14. The second-order valence-electron chi connectivity index (χ2n) is 5.34. The molecule has 4 nitrogen and oxygen atoms in total. The minimum Gasteiger partial charge on any atom is -0.497 e. The maximum Gasteiger partial charge on any atom is 0.163 e. The third kappa shape index (κ3) is 2.51. The molecule has 0 saturated heterocycles. The number of rotatable bonds is 3. The van der Waals surface area contributed by atoms with Crippen molar-refractivity contribution in [2.45, 2.75) is 0 Å². The zero-order chi connectivity index (χ0) is 16.5. The molecule has 4 rings (SSSR count). The highest BCUT2D eigenvalue weighted by Crippen LogP contribution is 2.30. The molecular weight excluding hydrogens is 322 g/mol. The SMILES string of the molecule is COc1cccc(-n2nc(-c3ccc(Cl)cc3)c3cccnc32)c1. The summed E-state index contributed by atoms with van der Waals surface area (Å²) in [4.78, 5) is 4.51. The molecule has 0 N–H and O–H groups in total. The van der Waals surface area contributed by atoms with Crippen LogP contribution in [0.2, 0.25) is 5.02 Å². The van der Waals surface area contributed by atoms with Gasteiger partial charge in [0.15, 0.2) is 5.65 Å². The first-order valence-corrected chi connectivity index (χ1v) is 7.88. The van der Waals surface area contributed by atoms with Crippen LogP contribution in [0.3, 0.4) is 0 Å². The summed E-state index contributed by atoms with van der Waals surface area (Å²) >= 11 is 6.00. The van der Waals surface area contributed by atoms with Crippen molar-refractivity contribution >= 4 is 22.6 Å². The zero-order valence-corrected chi connectivity index (χ0v) is 13.7. The first-order chi connectivity index (χ1) is 11.8. The summed E-state index contributed by atoms with van der Waals surface area (Å²) in [6.45, 7) is 0. The van der Waals surface area contributed by atoms with E-state index in [1.54, 1.807) is 13.3 Å². The molecule has 0 amide bonds. The summed E-state index contributed by atoms with van der Waals surface area (Å²) in [5.74, 6) is 0.778. The van der Waals surface area contributed by atoms with Crippen molar-refractivity contribution in [2.75, 3.05) is 7.11 Å². The van der Waals surface area contributed by atoms with Gasteiger partial charge in [-0.3, -0.25) is 0 Å². The molecule has 0 unspecified atom stereocenters. The normalized spacial score (nSPS) is 10.9. The van der Waals surface area contributed by atoms with Crippen LogP contribution in [0.25, 0.3) is 28.0 Å². The Kier molecular flexibility index (Phi) is 3.67. The van der Waals surface area contributed by atoms with E-state index in [0.29, 0.717) is 5.02 Å². The zero-order valence-electron chi connectivity index (χ0n) is 13.0. The highest BCUT2D eigenvalue weighted by molar-refractivity contribution is 6.30. The summed E-state index contributed by atoms with van der Waals surface area (Å²) < 4.78 is 7.15. The van der Waals surface area contributed by atoms with Crippen LogP contribution in [0.4, 0.5) is 0 Å². The number of aromatic nitrogens is 3. The molecule has 0 aliphatic rings. The molecule has 2 heterocycles. The van der Waals surface area contributed by atoms with Crippen LogP contribution in [0, 0.1) is 0 Å². The van der Waals surface area contributed by atoms with E-state index in [4.69, 9.17) is 21.4 Å². The van der Waals surface area contributed by atoms with Crippen LogP contribution < -0.4 is 4.74 Å². The lowest BCUT2D eigenvalue weighted by Crippen LogP contribution is -1.98. The number of ether oxygens (including phenoxy) is 1. The average molecular weight is 336 g/mol. The minimum atomic E-state index is 0.702. The Morgan fingerprint density at radius 3 is 2.62 bits per heavy atom. The molecule has 24 heavy (non-hydrogen) atoms. The van der Waals surface area contributed by atoms with Crippen LogP contribution in [0.1, 0.15) is 0 Å². The van der Waals surface area contributed by atoms with Gasteiger partial charge in [-0.05, 0) is 36.4 Å². The molecule has 2 aromatic heterocycles. The smallest absolute Gasteiger partial charge is 0.163 e. The van der Waals surface area contributed by atoms with Gasteiger partial charge in [0.25, 0.3) is 0 Å². The summed E-state index contributed by atoms with van der Waals surface area (Å²) in [5.41, 5.74) is 3.57. The second-order valence-corrected chi connectivity index (χ2v) is 5.78. The van der Waals surface area contributed by atoms with Crippen LogP contribution >= 0.6 is 11.6 Å². The summed E-state index contributed by atoms with van der Waals surface area (Å²) in [7, 11) is 1.65. The first kappa shape index (κ1) is 14.7. The number of pyridine rings is 1.